The summed E-state index contributed by atoms with van der Waals surface area (Å²) in [5.41, 5.74) is 2.15. The van der Waals surface area contributed by atoms with E-state index in [0.717, 1.165) is 47.9 Å². The van der Waals surface area contributed by atoms with Crippen LogP contribution in [0.15, 0.2) is 59.8 Å². The molecule has 140 valence electrons. The SMILES string of the molecule is Clc1ccccc1C[NH+]1CCO[C@@H](CSc2nnnn2-c2ccccc2)C1. The number of rotatable bonds is 6. The molecule has 1 fully saturated rings. The molecule has 0 bridgehead atoms. The predicted octanol–water partition coefficient (Wildman–Crippen LogP) is 1.89. The van der Waals surface area contributed by atoms with Crippen molar-refractivity contribution < 1.29 is 9.64 Å². The van der Waals surface area contributed by atoms with Gasteiger partial charge in [-0.15, -0.1) is 5.10 Å². The van der Waals surface area contributed by atoms with Crippen LogP contribution in [0.4, 0.5) is 0 Å². The third kappa shape index (κ3) is 4.68. The molecule has 3 aromatic rings. The first kappa shape index (κ1) is 18.4. The summed E-state index contributed by atoms with van der Waals surface area (Å²) in [6.07, 6.45) is 0.169. The molecule has 27 heavy (non-hydrogen) atoms. The van der Waals surface area contributed by atoms with E-state index in [4.69, 9.17) is 16.3 Å². The van der Waals surface area contributed by atoms with Crippen LogP contribution in [0.25, 0.3) is 5.69 Å². The highest BCUT2D eigenvalue weighted by atomic mass is 35.5. The largest absolute Gasteiger partial charge is 0.366 e. The van der Waals surface area contributed by atoms with Crippen LogP contribution in [0.3, 0.4) is 0 Å². The summed E-state index contributed by atoms with van der Waals surface area (Å²) in [6.45, 7) is 3.62. The summed E-state index contributed by atoms with van der Waals surface area (Å²) in [5, 5.41) is 13.7. The van der Waals surface area contributed by atoms with Crippen LogP contribution in [0.1, 0.15) is 5.56 Å². The first-order valence-electron chi connectivity index (χ1n) is 8.95. The summed E-state index contributed by atoms with van der Waals surface area (Å²) in [7, 11) is 0. The Hall–Kier alpha value is -1.93. The van der Waals surface area contributed by atoms with Gasteiger partial charge >= 0.3 is 0 Å². The minimum absolute atomic E-state index is 0.169. The van der Waals surface area contributed by atoms with Crippen molar-refractivity contribution >= 4 is 23.4 Å². The first-order chi connectivity index (χ1) is 13.3. The number of quaternary nitrogens is 1. The highest BCUT2D eigenvalue weighted by molar-refractivity contribution is 7.99. The maximum atomic E-state index is 6.31. The monoisotopic (exact) mass is 402 g/mol. The molecule has 1 aliphatic heterocycles. The number of ether oxygens (including phenoxy) is 1. The van der Waals surface area contributed by atoms with E-state index in [-0.39, 0.29) is 6.10 Å². The molecule has 2 aromatic carbocycles. The lowest BCUT2D eigenvalue weighted by Gasteiger charge is -2.30. The molecule has 1 unspecified atom stereocenters. The van der Waals surface area contributed by atoms with E-state index in [0.29, 0.717) is 0 Å². The minimum atomic E-state index is 0.169. The van der Waals surface area contributed by atoms with Crippen LogP contribution in [-0.2, 0) is 11.3 Å². The van der Waals surface area contributed by atoms with Crippen LogP contribution < -0.4 is 4.90 Å². The Morgan fingerprint density at radius 1 is 1.15 bits per heavy atom. The number of morpholine rings is 1. The van der Waals surface area contributed by atoms with E-state index in [9.17, 15) is 0 Å². The Labute approximate surface area is 167 Å². The van der Waals surface area contributed by atoms with E-state index in [1.54, 1.807) is 16.4 Å². The van der Waals surface area contributed by atoms with Gasteiger partial charge in [0.05, 0.1) is 12.3 Å². The van der Waals surface area contributed by atoms with Crippen molar-refractivity contribution in [2.24, 2.45) is 0 Å². The second kappa shape index (κ2) is 8.84. The van der Waals surface area contributed by atoms with Gasteiger partial charge in [0.2, 0.25) is 5.16 Å². The number of nitrogens with one attached hydrogen (secondary N) is 1. The lowest BCUT2D eigenvalue weighted by molar-refractivity contribution is -0.924. The lowest BCUT2D eigenvalue weighted by atomic mass is 10.2. The summed E-state index contributed by atoms with van der Waals surface area (Å²) in [5.74, 6) is 0.819. The molecule has 8 heteroatoms. The number of para-hydroxylation sites is 1. The van der Waals surface area contributed by atoms with Gasteiger partial charge < -0.3 is 9.64 Å². The van der Waals surface area contributed by atoms with E-state index in [1.807, 2.05) is 48.5 Å². The summed E-state index contributed by atoms with van der Waals surface area (Å²) >= 11 is 7.94. The molecule has 1 saturated heterocycles. The molecule has 6 nitrogen and oxygen atoms in total. The molecule has 1 N–H and O–H groups in total. The van der Waals surface area contributed by atoms with Gasteiger partial charge in [-0.2, -0.15) is 4.68 Å². The Balaban J connectivity index is 1.35. The van der Waals surface area contributed by atoms with Crippen LogP contribution in [-0.4, -0.2) is 51.8 Å². The Kier molecular flexibility index (Phi) is 6.03. The Bertz CT molecular complexity index is 875. The zero-order chi connectivity index (χ0) is 18.5. The molecule has 2 atom stereocenters. The second-order valence-corrected chi connectivity index (χ2v) is 7.88. The van der Waals surface area contributed by atoms with Crippen molar-refractivity contribution in [2.45, 2.75) is 17.8 Å². The molecule has 2 heterocycles. The highest BCUT2D eigenvalue weighted by Crippen LogP contribution is 2.20. The van der Waals surface area contributed by atoms with Gasteiger partial charge in [-0.3, -0.25) is 0 Å². The van der Waals surface area contributed by atoms with Gasteiger partial charge in [0.15, 0.2) is 0 Å². The number of nitrogens with zero attached hydrogens (tertiary/aromatic N) is 4. The zero-order valence-corrected chi connectivity index (χ0v) is 16.4. The molecule has 1 aromatic heterocycles. The highest BCUT2D eigenvalue weighted by Gasteiger charge is 2.25. The second-order valence-electron chi connectivity index (χ2n) is 6.48. The molecular formula is C19H21ClN5OS+. The number of benzene rings is 2. The molecule has 1 aliphatic rings. The third-order valence-corrected chi connectivity index (χ3v) is 5.98. The molecule has 0 saturated carbocycles. The van der Waals surface area contributed by atoms with Crippen molar-refractivity contribution in [3.8, 4) is 5.69 Å². The maximum Gasteiger partial charge on any atom is 0.214 e. The number of tetrazole rings is 1. The Morgan fingerprint density at radius 2 is 1.96 bits per heavy atom. The average Bonchev–Trinajstić information content (AvgIpc) is 3.18. The van der Waals surface area contributed by atoms with Crippen LogP contribution in [0.2, 0.25) is 5.02 Å². The fourth-order valence-corrected chi connectivity index (χ4v) is 4.31. The van der Waals surface area contributed by atoms with Crippen LogP contribution >= 0.6 is 23.4 Å². The van der Waals surface area contributed by atoms with Crippen molar-refractivity contribution in [1.29, 1.82) is 0 Å². The third-order valence-electron chi connectivity index (χ3n) is 4.56. The van der Waals surface area contributed by atoms with Crippen LogP contribution in [0.5, 0.6) is 0 Å². The normalized spacial score (nSPS) is 19.9. The van der Waals surface area contributed by atoms with E-state index < -0.39 is 0 Å². The molecule has 0 radical (unpaired) electrons. The van der Waals surface area contributed by atoms with Crippen molar-refractivity contribution in [3.63, 3.8) is 0 Å². The van der Waals surface area contributed by atoms with E-state index in [2.05, 4.69) is 21.6 Å². The maximum absolute atomic E-state index is 6.31. The van der Waals surface area contributed by atoms with E-state index in [1.165, 1.54) is 10.5 Å². The number of hydrogen-bond donors (Lipinski definition) is 1. The van der Waals surface area contributed by atoms with Gasteiger partial charge in [-0.25, -0.2) is 0 Å². The molecule has 4 rings (SSSR count). The quantitative estimate of drug-likeness (QED) is 0.638. The number of thioether (sulfide) groups is 1. The summed E-state index contributed by atoms with van der Waals surface area (Å²) in [6, 6.07) is 18.0. The van der Waals surface area contributed by atoms with Gasteiger partial charge in [-0.05, 0) is 28.6 Å². The number of halogens is 1. The molecule has 0 aliphatic carbocycles. The summed E-state index contributed by atoms with van der Waals surface area (Å²) < 4.78 is 7.73. The topological polar surface area (TPSA) is 57.3 Å². The molecule has 0 spiro atoms. The lowest BCUT2D eigenvalue weighted by Crippen LogP contribution is -3.13. The first-order valence-corrected chi connectivity index (χ1v) is 10.3. The van der Waals surface area contributed by atoms with Crippen molar-refractivity contribution in [3.05, 3.63) is 65.2 Å². The number of hydrogen-bond acceptors (Lipinski definition) is 5. The van der Waals surface area contributed by atoms with E-state index >= 15 is 0 Å². The number of aromatic nitrogens is 4. The standard InChI is InChI=1S/C19H20ClN5OS/c20-18-9-5-4-6-15(18)12-24-10-11-26-17(13-24)14-27-19-21-22-23-25(19)16-7-2-1-3-8-16/h1-9,17H,10-14H2/p+1/t17-/m1/s1. The predicted molar refractivity (Wildman–Crippen MR) is 105 cm³/mol. The minimum Gasteiger partial charge on any atom is -0.366 e. The molecular weight excluding hydrogens is 382 g/mol. The van der Waals surface area contributed by atoms with Crippen LogP contribution in [0, 0.1) is 0 Å². The average molecular weight is 403 g/mol. The van der Waals surface area contributed by atoms with Crippen molar-refractivity contribution in [1.82, 2.24) is 20.2 Å². The van der Waals surface area contributed by atoms with Gasteiger partial charge in [0, 0.05) is 16.3 Å². The van der Waals surface area contributed by atoms with Gasteiger partial charge in [0.25, 0.3) is 0 Å². The zero-order valence-electron chi connectivity index (χ0n) is 14.8. The molecule has 0 amide bonds. The van der Waals surface area contributed by atoms with Gasteiger partial charge in [-0.1, -0.05) is 59.8 Å². The summed E-state index contributed by atoms with van der Waals surface area (Å²) in [4.78, 5) is 1.49. The fraction of sp³-hybridized carbons (Fsp3) is 0.316. The van der Waals surface area contributed by atoms with Crippen molar-refractivity contribution in [2.75, 3.05) is 25.4 Å². The Morgan fingerprint density at radius 3 is 2.81 bits per heavy atom. The van der Waals surface area contributed by atoms with Gasteiger partial charge in [0.1, 0.15) is 25.7 Å². The smallest absolute Gasteiger partial charge is 0.214 e. The fourth-order valence-electron chi connectivity index (χ4n) is 3.20.